The first-order valence-electron chi connectivity index (χ1n) is 6.77. The third kappa shape index (κ3) is 3.41. The van der Waals surface area contributed by atoms with Gasteiger partial charge in [-0.25, -0.2) is 0 Å². The van der Waals surface area contributed by atoms with Crippen molar-refractivity contribution in [2.24, 2.45) is 0 Å². The number of nitrogens with zero attached hydrogens (tertiary/aromatic N) is 2. The molecule has 22 heavy (non-hydrogen) atoms. The van der Waals surface area contributed by atoms with E-state index in [-0.39, 0.29) is 12.4 Å². The third-order valence-electron chi connectivity index (χ3n) is 2.96. The maximum atomic E-state index is 11.1. The number of rotatable bonds is 5. The third-order valence-corrected chi connectivity index (χ3v) is 2.96. The molecule has 2 rings (SSSR count). The predicted molar refractivity (Wildman–Crippen MR) is 83.8 cm³/mol. The van der Waals surface area contributed by atoms with Crippen LogP contribution in [0.3, 0.4) is 0 Å². The highest BCUT2D eigenvalue weighted by Crippen LogP contribution is 2.39. The van der Waals surface area contributed by atoms with Gasteiger partial charge in [0.1, 0.15) is 0 Å². The van der Waals surface area contributed by atoms with Crippen molar-refractivity contribution >= 4 is 17.8 Å². The number of hydrogen-bond donors (Lipinski definition) is 1. The molecular formula is C16H16N2O4. The van der Waals surface area contributed by atoms with Gasteiger partial charge in [0, 0.05) is 11.3 Å². The lowest BCUT2D eigenvalue weighted by Crippen LogP contribution is -2.00. The Bertz CT molecular complexity index is 726. The molecule has 0 spiro atoms. The Labute approximate surface area is 127 Å². The van der Waals surface area contributed by atoms with Crippen molar-refractivity contribution in [3.8, 4) is 11.5 Å². The minimum atomic E-state index is -0.650. The van der Waals surface area contributed by atoms with Crippen LogP contribution in [0.1, 0.15) is 23.9 Å². The molecule has 0 saturated carbocycles. The number of phenolic OH excluding ortho intramolecular Hbond substituents is 1. The lowest BCUT2D eigenvalue weighted by Gasteiger charge is -2.08. The SMILES string of the molecule is CCOc1c(C=Cc2cccc(C)n2)ccc(O)c1[N+](=O)[O-]. The van der Waals surface area contributed by atoms with Gasteiger partial charge >= 0.3 is 5.69 Å². The monoisotopic (exact) mass is 300 g/mol. The molecule has 0 aliphatic heterocycles. The average Bonchev–Trinajstić information content (AvgIpc) is 2.46. The largest absolute Gasteiger partial charge is 0.502 e. The second-order valence-corrected chi connectivity index (χ2v) is 4.58. The van der Waals surface area contributed by atoms with E-state index in [1.54, 1.807) is 25.1 Å². The predicted octanol–water partition coefficient (Wildman–Crippen LogP) is 3.57. The first kappa shape index (κ1) is 15.5. The summed E-state index contributed by atoms with van der Waals surface area (Å²) in [6, 6.07) is 8.45. The summed E-state index contributed by atoms with van der Waals surface area (Å²) in [5, 5.41) is 20.8. The number of phenols is 1. The topological polar surface area (TPSA) is 85.5 Å². The molecule has 0 amide bonds. The van der Waals surface area contributed by atoms with Crippen molar-refractivity contribution in [1.29, 1.82) is 0 Å². The van der Waals surface area contributed by atoms with Gasteiger partial charge < -0.3 is 9.84 Å². The molecule has 114 valence electrons. The molecule has 0 fully saturated rings. The van der Waals surface area contributed by atoms with Crippen LogP contribution in [0.15, 0.2) is 30.3 Å². The standard InChI is InChI=1S/C16H16N2O4/c1-3-22-16-12(8-10-14(19)15(16)18(20)21)7-9-13-6-4-5-11(2)17-13/h4-10,19H,3H2,1-2H3. The molecule has 0 bridgehead atoms. The number of ether oxygens (including phenoxy) is 1. The molecule has 0 atom stereocenters. The number of pyridine rings is 1. The molecule has 0 aliphatic carbocycles. The number of hydrogen-bond acceptors (Lipinski definition) is 5. The lowest BCUT2D eigenvalue weighted by molar-refractivity contribution is -0.386. The van der Waals surface area contributed by atoms with E-state index in [1.165, 1.54) is 6.07 Å². The van der Waals surface area contributed by atoms with E-state index in [9.17, 15) is 15.2 Å². The summed E-state index contributed by atoms with van der Waals surface area (Å²) in [5.41, 5.74) is 1.69. The van der Waals surface area contributed by atoms with E-state index in [2.05, 4.69) is 4.98 Å². The zero-order valence-corrected chi connectivity index (χ0v) is 12.3. The lowest BCUT2D eigenvalue weighted by atomic mass is 10.1. The Hall–Kier alpha value is -2.89. The molecule has 2 aromatic rings. The maximum Gasteiger partial charge on any atom is 0.352 e. The van der Waals surface area contributed by atoms with Crippen molar-refractivity contribution in [2.75, 3.05) is 6.61 Å². The summed E-state index contributed by atoms with van der Waals surface area (Å²) in [6.07, 6.45) is 3.42. The van der Waals surface area contributed by atoms with Gasteiger partial charge in [-0.1, -0.05) is 6.07 Å². The zero-order chi connectivity index (χ0) is 16.1. The van der Waals surface area contributed by atoms with Crippen molar-refractivity contribution < 1.29 is 14.8 Å². The Morgan fingerprint density at radius 3 is 2.73 bits per heavy atom. The van der Waals surface area contributed by atoms with Gasteiger partial charge in [0.15, 0.2) is 5.75 Å². The van der Waals surface area contributed by atoms with Gasteiger partial charge in [-0.05, 0) is 50.3 Å². The van der Waals surface area contributed by atoms with Gasteiger partial charge in [0.25, 0.3) is 0 Å². The molecule has 0 radical (unpaired) electrons. The van der Waals surface area contributed by atoms with Crippen LogP contribution in [0, 0.1) is 17.0 Å². The van der Waals surface area contributed by atoms with Crippen LogP contribution in [0.4, 0.5) is 5.69 Å². The van der Waals surface area contributed by atoms with E-state index in [0.717, 1.165) is 11.4 Å². The number of aryl methyl sites for hydroxylation is 1. The normalized spacial score (nSPS) is 10.8. The molecule has 0 unspecified atom stereocenters. The van der Waals surface area contributed by atoms with Gasteiger partial charge in [0.2, 0.25) is 5.75 Å². The molecule has 6 nitrogen and oxygen atoms in total. The first-order valence-corrected chi connectivity index (χ1v) is 6.77. The second kappa shape index (κ2) is 6.71. The summed E-state index contributed by atoms with van der Waals surface area (Å²) >= 11 is 0. The van der Waals surface area contributed by atoms with Crippen molar-refractivity contribution in [2.45, 2.75) is 13.8 Å². The average molecular weight is 300 g/mol. The van der Waals surface area contributed by atoms with Crippen LogP contribution < -0.4 is 4.74 Å². The summed E-state index contributed by atoms with van der Waals surface area (Å²) in [7, 11) is 0. The Balaban J connectivity index is 2.46. The van der Waals surface area contributed by atoms with Crippen LogP contribution in [0.25, 0.3) is 12.2 Å². The highest BCUT2D eigenvalue weighted by molar-refractivity contribution is 5.76. The van der Waals surface area contributed by atoms with Gasteiger partial charge in [-0.3, -0.25) is 15.1 Å². The van der Waals surface area contributed by atoms with E-state index in [1.807, 2.05) is 25.1 Å². The van der Waals surface area contributed by atoms with Crippen LogP contribution >= 0.6 is 0 Å². The highest BCUT2D eigenvalue weighted by atomic mass is 16.6. The second-order valence-electron chi connectivity index (χ2n) is 4.58. The Morgan fingerprint density at radius 2 is 2.09 bits per heavy atom. The van der Waals surface area contributed by atoms with Crippen molar-refractivity contribution in [3.63, 3.8) is 0 Å². The van der Waals surface area contributed by atoms with E-state index in [4.69, 9.17) is 4.74 Å². The highest BCUT2D eigenvalue weighted by Gasteiger charge is 2.23. The molecular weight excluding hydrogens is 284 g/mol. The summed E-state index contributed by atoms with van der Waals surface area (Å²) < 4.78 is 5.35. The van der Waals surface area contributed by atoms with Crippen LogP contribution in [0.5, 0.6) is 11.5 Å². The maximum absolute atomic E-state index is 11.1. The molecule has 1 heterocycles. The van der Waals surface area contributed by atoms with E-state index in [0.29, 0.717) is 5.56 Å². The molecule has 1 aromatic carbocycles. The van der Waals surface area contributed by atoms with Crippen molar-refractivity contribution in [1.82, 2.24) is 4.98 Å². The molecule has 1 N–H and O–H groups in total. The minimum absolute atomic E-state index is 0.0522. The Morgan fingerprint density at radius 1 is 1.32 bits per heavy atom. The fourth-order valence-corrected chi connectivity index (χ4v) is 2.01. The first-order chi connectivity index (χ1) is 10.5. The number of aromatic nitrogens is 1. The van der Waals surface area contributed by atoms with Gasteiger partial charge in [-0.15, -0.1) is 0 Å². The van der Waals surface area contributed by atoms with Crippen LogP contribution in [-0.4, -0.2) is 21.6 Å². The minimum Gasteiger partial charge on any atom is -0.502 e. The smallest absolute Gasteiger partial charge is 0.352 e. The summed E-state index contributed by atoms with van der Waals surface area (Å²) in [5.74, 6) is -0.365. The number of nitro benzene ring substituents is 1. The van der Waals surface area contributed by atoms with E-state index < -0.39 is 16.4 Å². The summed E-state index contributed by atoms with van der Waals surface area (Å²) in [4.78, 5) is 14.8. The fraction of sp³-hybridized carbons (Fsp3) is 0.188. The van der Waals surface area contributed by atoms with Gasteiger partial charge in [0.05, 0.1) is 17.2 Å². The van der Waals surface area contributed by atoms with Gasteiger partial charge in [-0.2, -0.15) is 0 Å². The molecule has 0 saturated heterocycles. The molecule has 6 heteroatoms. The number of benzene rings is 1. The number of nitro groups is 1. The quantitative estimate of drug-likeness (QED) is 0.674. The fourth-order valence-electron chi connectivity index (χ4n) is 2.01. The Kier molecular flexibility index (Phi) is 4.73. The molecule has 1 aromatic heterocycles. The summed E-state index contributed by atoms with van der Waals surface area (Å²) in [6.45, 7) is 3.87. The zero-order valence-electron chi connectivity index (χ0n) is 12.3. The van der Waals surface area contributed by atoms with Crippen LogP contribution in [-0.2, 0) is 0 Å². The molecule has 0 aliphatic rings. The number of aromatic hydroxyl groups is 1. The van der Waals surface area contributed by atoms with Crippen molar-refractivity contribution in [3.05, 3.63) is 57.4 Å². The van der Waals surface area contributed by atoms with E-state index >= 15 is 0 Å². The van der Waals surface area contributed by atoms with Crippen LogP contribution in [0.2, 0.25) is 0 Å².